The molecule has 1 aromatic carbocycles. The molecule has 4 heteroatoms. The summed E-state index contributed by atoms with van der Waals surface area (Å²) in [5, 5.41) is 6.78. The monoisotopic (exact) mass is 252 g/mol. The molecule has 0 spiro atoms. The Morgan fingerprint density at radius 3 is 3.11 bits per heavy atom. The Morgan fingerprint density at radius 1 is 1.50 bits per heavy atom. The Labute approximate surface area is 108 Å². The van der Waals surface area contributed by atoms with Gasteiger partial charge in [0.05, 0.1) is 7.11 Å². The lowest BCUT2D eigenvalue weighted by atomic mass is 10.00. The topological polar surface area (TPSA) is 33.3 Å². The molecule has 100 valence electrons. The van der Waals surface area contributed by atoms with Gasteiger partial charge in [-0.25, -0.2) is 4.39 Å². The highest BCUT2D eigenvalue weighted by Crippen LogP contribution is 2.19. The van der Waals surface area contributed by atoms with E-state index < -0.39 is 0 Å². The smallest absolute Gasteiger partial charge is 0.123 e. The van der Waals surface area contributed by atoms with E-state index in [1.54, 1.807) is 13.2 Å². The fourth-order valence-electron chi connectivity index (χ4n) is 2.39. The molecule has 0 radical (unpaired) electrons. The highest BCUT2D eigenvalue weighted by molar-refractivity contribution is 5.33. The number of methoxy groups -OCH3 is 1. The van der Waals surface area contributed by atoms with E-state index in [1.165, 1.54) is 25.0 Å². The van der Waals surface area contributed by atoms with Gasteiger partial charge in [-0.3, -0.25) is 0 Å². The van der Waals surface area contributed by atoms with Crippen molar-refractivity contribution in [3.05, 3.63) is 29.6 Å². The fourth-order valence-corrected chi connectivity index (χ4v) is 2.39. The Morgan fingerprint density at radius 2 is 2.39 bits per heavy atom. The van der Waals surface area contributed by atoms with Crippen LogP contribution >= 0.6 is 0 Å². The average Bonchev–Trinajstić information content (AvgIpc) is 2.40. The first kappa shape index (κ1) is 13.3. The lowest BCUT2D eigenvalue weighted by Crippen LogP contribution is -2.35. The number of hydrogen-bond donors (Lipinski definition) is 2. The summed E-state index contributed by atoms with van der Waals surface area (Å²) in [6, 6.07) is 4.63. The van der Waals surface area contributed by atoms with Crippen molar-refractivity contribution in [2.75, 3.05) is 26.7 Å². The van der Waals surface area contributed by atoms with Gasteiger partial charge in [0.1, 0.15) is 11.6 Å². The van der Waals surface area contributed by atoms with Gasteiger partial charge < -0.3 is 15.4 Å². The molecular weight excluding hydrogens is 231 g/mol. The maximum absolute atomic E-state index is 13.2. The molecule has 18 heavy (non-hydrogen) atoms. The van der Waals surface area contributed by atoms with Crippen LogP contribution in [0.1, 0.15) is 18.4 Å². The zero-order valence-electron chi connectivity index (χ0n) is 10.8. The van der Waals surface area contributed by atoms with E-state index in [0.29, 0.717) is 12.5 Å². The Bertz CT molecular complexity index is 378. The van der Waals surface area contributed by atoms with Gasteiger partial charge in [-0.1, -0.05) is 0 Å². The second kappa shape index (κ2) is 6.71. The van der Waals surface area contributed by atoms with Crippen molar-refractivity contribution in [1.29, 1.82) is 0 Å². The first-order valence-electron chi connectivity index (χ1n) is 6.53. The highest BCUT2D eigenvalue weighted by Gasteiger charge is 2.12. The lowest BCUT2D eigenvalue weighted by molar-refractivity contribution is 0.357. The van der Waals surface area contributed by atoms with Crippen molar-refractivity contribution < 1.29 is 9.13 Å². The number of hydrogen-bond acceptors (Lipinski definition) is 3. The van der Waals surface area contributed by atoms with Gasteiger partial charge in [0.25, 0.3) is 0 Å². The SMILES string of the molecule is COc1ccc(F)cc1CNCC1CCCNC1. The fraction of sp³-hybridized carbons (Fsp3) is 0.571. The molecule has 0 saturated carbocycles. The number of benzene rings is 1. The van der Waals surface area contributed by atoms with Gasteiger partial charge in [0, 0.05) is 12.1 Å². The van der Waals surface area contributed by atoms with Crippen LogP contribution in [0.2, 0.25) is 0 Å². The van der Waals surface area contributed by atoms with Crippen LogP contribution in [0.25, 0.3) is 0 Å². The number of piperidine rings is 1. The molecular formula is C14H21FN2O. The Balaban J connectivity index is 1.83. The van der Waals surface area contributed by atoms with Gasteiger partial charge in [0.2, 0.25) is 0 Å². The summed E-state index contributed by atoms with van der Waals surface area (Å²) in [6.45, 7) is 3.83. The van der Waals surface area contributed by atoms with Crippen molar-refractivity contribution in [2.45, 2.75) is 19.4 Å². The number of ether oxygens (including phenoxy) is 1. The normalized spacial score (nSPS) is 19.8. The van der Waals surface area contributed by atoms with Crippen LogP contribution in [0.4, 0.5) is 4.39 Å². The number of halogens is 1. The third-order valence-electron chi connectivity index (χ3n) is 3.39. The van der Waals surface area contributed by atoms with Gasteiger partial charge in [0.15, 0.2) is 0 Å². The minimum absolute atomic E-state index is 0.216. The second-order valence-corrected chi connectivity index (χ2v) is 4.80. The molecule has 1 atom stereocenters. The predicted molar refractivity (Wildman–Crippen MR) is 70.3 cm³/mol. The largest absolute Gasteiger partial charge is 0.496 e. The summed E-state index contributed by atoms with van der Waals surface area (Å²) >= 11 is 0. The molecule has 1 heterocycles. The molecule has 1 aromatic rings. The molecule has 0 aliphatic carbocycles. The number of rotatable bonds is 5. The van der Waals surface area contributed by atoms with Crippen molar-refractivity contribution in [3.63, 3.8) is 0 Å². The predicted octanol–water partition coefficient (Wildman–Crippen LogP) is 1.92. The van der Waals surface area contributed by atoms with Crippen LogP contribution in [0, 0.1) is 11.7 Å². The van der Waals surface area contributed by atoms with E-state index in [4.69, 9.17) is 4.74 Å². The molecule has 0 aromatic heterocycles. The maximum Gasteiger partial charge on any atom is 0.123 e. The van der Waals surface area contributed by atoms with E-state index in [0.717, 1.165) is 30.9 Å². The van der Waals surface area contributed by atoms with Crippen LogP contribution in [-0.4, -0.2) is 26.7 Å². The van der Waals surface area contributed by atoms with Crippen LogP contribution in [0.3, 0.4) is 0 Å². The van der Waals surface area contributed by atoms with Crippen LogP contribution in [0.5, 0.6) is 5.75 Å². The molecule has 1 unspecified atom stereocenters. The van der Waals surface area contributed by atoms with Crippen LogP contribution in [-0.2, 0) is 6.54 Å². The minimum atomic E-state index is -0.216. The summed E-state index contributed by atoms with van der Waals surface area (Å²) in [4.78, 5) is 0. The Kier molecular flexibility index (Phi) is 4.96. The zero-order chi connectivity index (χ0) is 12.8. The summed E-state index contributed by atoms with van der Waals surface area (Å²) in [5.41, 5.74) is 0.876. The van der Waals surface area contributed by atoms with Gasteiger partial charge in [-0.05, 0) is 56.6 Å². The molecule has 1 aliphatic rings. The second-order valence-electron chi connectivity index (χ2n) is 4.80. The molecule has 1 fully saturated rings. The summed E-state index contributed by atoms with van der Waals surface area (Å²) in [7, 11) is 1.61. The summed E-state index contributed by atoms with van der Waals surface area (Å²) in [6.07, 6.45) is 2.51. The van der Waals surface area contributed by atoms with Gasteiger partial charge >= 0.3 is 0 Å². The van der Waals surface area contributed by atoms with E-state index in [9.17, 15) is 4.39 Å². The summed E-state index contributed by atoms with van der Waals surface area (Å²) in [5.74, 6) is 1.20. The van der Waals surface area contributed by atoms with E-state index in [1.807, 2.05) is 0 Å². The first-order valence-corrected chi connectivity index (χ1v) is 6.53. The van der Waals surface area contributed by atoms with Crippen molar-refractivity contribution >= 4 is 0 Å². The third-order valence-corrected chi connectivity index (χ3v) is 3.39. The van der Waals surface area contributed by atoms with Crippen molar-refractivity contribution in [2.24, 2.45) is 5.92 Å². The lowest BCUT2D eigenvalue weighted by Gasteiger charge is -2.23. The van der Waals surface area contributed by atoms with Crippen LogP contribution in [0.15, 0.2) is 18.2 Å². The number of nitrogens with one attached hydrogen (secondary N) is 2. The summed E-state index contributed by atoms with van der Waals surface area (Å²) < 4.78 is 18.4. The molecule has 0 amide bonds. The van der Waals surface area contributed by atoms with Gasteiger partial charge in [-0.15, -0.1) is 0 Å². The maximum atomic E-state index is 13.2. The molecule has 1 aliphatic heterocycles. The first-order chi connectivity index (χ1) is 8.79. The van der Waals surface area contributed by atoms with E-state index in [2.05, 4.69) is 10.6 Å². The molecule has 2 N–H and O–H groups in total. The molecule has 0 bridgehead atoms. The average molecular weight is 252 g/mol. The van der Waals surface area contributed by atoms with Crippen molar-refractivity contribution in [1.82, 2.24) is 10.6 Å². The zero-order valence-corrected chi connectivity index (χ0v) is 10.8. The van der Waals surface area contributed by atoms with Crippen LogP contribution < -0.4 is 15.4 Å². The molecule has 1 saturated heterocycles. The van der Waals surface area contributed by atoms with Crippen molar-refractivity contribution in [3.8, 4) is 5.75 Å². The standard InChI is InChI=1S/C14H21FN2O/c1-18-14-5-4-13(15)7-12(14)10-17-9-11-3-2-6-16-8-11/h4-5,7,11,16-17H,2-3,6,8-10H2,1H3. The van der Waals surface area contributed by atoms with E-state index in [-0.39, 0.29) is 5.82 Å². The highest BCUT2D eigenvalue weighted by atomic mass is 19.1. The molecule has 2 rings (SSSR count). The van der Waals surface area contributed by atoms with Gasteiger partial charge in [-0.2, -0.15) is 0 Å². The minimum Gasteiger partial charge on any atom is -0.496 e. The van der Waals surface area contributed by atoms with E-state index >= 15 is 0 Å². The third kappa shape index (κ3) is 3.68. The quantitative estimate of drug-likeness (QED) is 0.840. The molecule has 3 nitrogen and oxygen atoms in total. The Hall–Kier alpha value is -1.13.